The third-order valence-electron chi connectivity index (χ3n) is 2.97. The summed E-state index contributed by atoms with van der Waals surface area (Å²) in [7, 11) is 0. The topological polar surface area (TPSA) is 38.3 Å². The molecule has 0 saturated heterocycles. The summed E-state index contributed by atoms with van der Waals surface area (Å²) >= 11 is 0. The molecule has 0 aliphatic rings. The molecule has 3 nitrogen and oxygen atoms in total. The Morgan fingerprint density at radius 3 is 2.63 bits per heavy atom. The first-order valence-corrected chi connectivity index (χ1v) is 6.77. The summed E-state index contributed by atoms with van der Waals surface area (Å²) in [5.74, 6) is -0.533. The van der Waals surface area contributed by atoms with Crippen molar-refractivity contribution in [2.75, 3.05) is 6.61 Å². The molecule has 1 unspecified atom stereocenters. The van der Waals surface area contributed by atoms with Gasteiger partial charge in [0.15, 0.2) is 0 Å². The summed E-state index contributed by atoms with van der Waals surface area (Å²) in [6.45, 7) is 5.98. The highest BCUT2D eigenvalue weighted by molar-refractivity contribution is 5.75. The molecule has 0 radical (unpaired) electrons. The molecule has 0 heterocycles. The second-order valence-electron chi connectivity index (χ2n) is 4.50. The highest BCUT2D eigenvalue weighted by Gasteiger charge is 2.22. The van der Waals surface area contributed by atoms with Crippen molar-refractivity contribution in [2.45, 2.75) is 45.7 Å². The van der Waals surface area contributed by atoms with Gasteiger partial charge in [-0.15, -0.1) is 0 Å². The molecule has 1 rings (SSSR count). The normalized spacial score (nSPS) is 13.9. The summed E-state index contributed by atoms with van der Waals surface area (Å²) in [5.41, 5.74) is 0.563. The summed E-state index contributed by atoms with van der Waals surface area (Å²) in [6.07, 6.45) is 1.54. The van der Waals surface area contributed by atoms with Gasteiger partial charge in [-0.2, -0.15) is 0 Å². The molecule has 4 heteroatoms. The monoisotopic (exact) mass is 267 g/mol. The first kappa shape index (κ1) is 15.6. The highest BCUT2D eigenvalue weighted by Crippen LogP contribution is 2.17. The summed E-state index contributed by atoms with van der Waals surface area (Å²) in [6, 6.07) is 5.96. The molecule has 1 aromatic carbocycles. The molecule has 0 aromatic heterocycles. The number of carbonyl (C=O) groups is 1. The predicted molar refractivity (Wildman–Crippen MR) is 73.3 cm³/mol. The zero-order valence-electron chi connectivity index (χ0n) is 11.8. The summed E-state index contributed by atoms with van der Waals surface area (Å²) in [5, 5.41) is 3.15. The van der Waals surface area contributed by atoms with Crippen molar-refractivity contribution in [1.29, 1.82) is 0 Å². The van der Waals surface area contributed by atoms with E-state index < -0.39 is 0 Å². The van der Waals surface area contributed by atoms with Gasteiger partial charge in [0.1, 0.15) is 11.9 Å². The Bertz CT molecular complexity index is 409. The number of esters is 1. The molecule has 0 amide bonds. The maximum atomic E-state index is 13.7. The standard InChI is InChI=1S/C15H22FNO2/c1-4-8-14(15(18)19-5-2)17-11(3)12-9-6-7-10-13(12)16/h6-7,9-11,14,17H,4-5,8H2,1-3H3/t11-,14?/m1/s1. The van der Waals surface area contributed by atoms with Crippen LogP contribution in [0.4, 0.5) is 4.39 Å². The number of hydrogen-bond donors (Lipinski definition) is 1. The Hall–Kier alpha value is -1.42. The highest BCUT2D eigenvalue weighted by atomic mass is 19.1. The SMILES string of the molecule is CCCC(N[C@H](C)c1ccccc1F)C(=O)OCC. The van der Waals surface area contributed by atoms with Crippen molar-refractivity contribution in [3.05, 3.63) is 35.6 Å². The third-order valence-corrected chi connectivity index (χ3v) is 2.97. The van der Waals surface area contributed by atoms with Gasteiger partial charge < -0.3 is 4.74 Å². The maximum Gasteiger partial charge on any atom is 0.323 e. The minimum atomic E-state index is -0.389. The van der Waals surface area contributed by atoms with Crippen LogP contribution in [0.5, 0.6) is 0 Å². The fourth-order valence-electron chi connectivity index (χ4n) is 2.02. The van der Waals surface area contributed by atoms with Crippen molar-refractivity contribution < 1.29 is 13.9 Å². The van der Waals surface area contributed by atoms with Crippen molar-refractivity contribution in [3.63, 3.8) is 0 Å². The number of halogens is 1. The smallest absolute Gasteiger partial charge is 0.323 e. The molecule has 19 heavy (non-hydrogen) atoms. The van der Waals surface area contributed by atoms with Gasteiger partial charge in [-0.3, -0.25) is 10.1 Å². The Morgan fingerprint density at radius 1 is 1.37 bits per heavy atom. The second kappa shape index (κ2) is 7.89. The van der Waals surface area contributed by atoms with E-state index in [1.54, 1.807) is 25.1 Å². The average molecular weight is 267 g/mol. The van der Waals surface area contributed by atoms with Gasteiger partial charge in [0.2, 0.25) is 0 Å². The lowest BCUT2D eigenvalue weighted by molar-refractivity contribution is -0.146. The lowest BCUT2D eigenvalue weighted by Gasteiger charge is -2.22. The Kier molecular flexibility index (Phi) is 6.50. The fraction of sp³-hybridized carbons (Fsp3) is 0.533. The molecule has 1 aromatic rings. The molecule has 2 atom stereocenters. The van der Waals surface area contributed by atoms with E-state index in [9.17, 15) is 9.18 Å². The van der Waals surface area contributed by atoms with Crippen molar-refractivity contribution >= 4 is 5.97 Å². The first-order chi connectivity index (χ1) is 9.10. The molecular formula is C15H22FNO2. The van der Waals surface area contributed by atoms with Gasteiger partial charge in [0.25, 0.3) is 0 Å². The molecule has 0 saturated carbocycles. The van der Waals surface area contributed by atoms with Gasteiger partial charge in [-0.1, -0.05) is 31.5 Å². The zero-order chi connectivity index (χ0) is 14.3. The largest absolute Gasteiger partial charge is 0.465 e. The zero-order valence-corrected chi connectivity index (χ0v) is 11.8. The lowest BCUT2D eigenvalue weighted by atomic mass is 10.1. The van der Waals surface area contributed by atoms with Gasteiger partial charge in [0, 0.05) is 11.6 Å². The van der Waals surface area contributed by atoms with Crippen LogP contribution in [0.2, 0.25) is 0 Å². The molecule has 0 aliphatic heterocycles. The van der Waals surface area contributed by atoms with E-state index >= 15 is 0 Å². The number of benzene rings is 1. The fourth-order valence-corrected chi connectivity index (χ4v) is 2.02. The number of ether oxygens (including phenoxy) is 1. The van der Waals surface area contributed by atoms with Crippen LogP contribution >= 0.6 is 0 Å². The number of nitrogens with one attached hydrogen (secondary N) is 1. The number of hydrogen-bond acceptors (Lipinski definition) is 3. The molecule has 0 spiro atoms. The van der Waals surface area contributed by atoms with Crippen LogP contribution in [0.3, 0.4) is 0 Å². The minimum absolute atomic E-state index is 0.234. The molecular weight excluding hydrogens is 245 g/mol. The Balaban J connectivity index is 2.73. The minimum Gasteiger partial charge on any atom is -0.465 e. The van der Waals surface area contributed by atoms with Crippen LogP contribution in [0.25, 0.3) is 0 Å². The number of rotatable bonds is 7. The lowest BCUT2D eigenvalue weighted by Crippen LogP contribution is -2.39. The van der Waals surface area contributed by atoms with Crippen molar-refractivity contribution in [2.24, 2.45) is 0 Å². The van der Waals surface area contributed by atoms with Gasteiger partial charge >= 0.3 is 5.97 Å². The second-order valence-corrected chi connectivity index (χ2v) is 4.50. The van der Waals surface area contributed by atoms with E-state index in [2.05, 4.69) is 5.32 Å². The van der Waals surface area contributed by atoms with Crippen LogP contribution in [-0.2, 0) is 9.53 Å². The third kappa shape index (κ3) is 4.63. The average Bonchev–Trinajstić information content (AvgIpc) is 2.39. The van der Waals surface area contributed by atoms with Gasteiger partial charge in [-0.05, 0) is 26.3 Å². The van der Waals surface area contributed by atoms with Crippen LogP contribution in [0, 0.1) is 5.82 Å². The maximum absolute atomic E-state index is 13.7. The Morgan fingerprint density at radius 2 is 2.05 bits per heavy atom. The summed E-state index contributed by atoms with van der Waals surface area (Å²) in [4.78, 5) is 11.8. The van der Waals surface area contributed by atoms with Crippen molar-refractivity contribution in [1.82, 2.24) is 5.32 Å². The molecule has 106 valence electrons. The number of carbonyl (C=O) groups excluding carboxylic acids is 1. The van der Waals surface area contributed by atoms with Gasteiger partial charge in [0.05, 0.1) is 6.61 Å². The predicted octanol–water partition coefficient (Wildman–Crippen LogP) is 3.21. The molecule has 0 bridgehead atoms. The van der Waals surface area contributed by atoms with Crippen LogP contribution < -0.4 is 5.32 Å². The van der Waals surface area contributed by atoms with E-state index in [1.165, 1.54) is 6.07 Å². The molecule has 0 aliphatic carbocycles. The Labute approximate surface area is 114 Å². The molecule has 0 fully saturated rings. The molecule has 1 N–H and O–H groups in total. The van der Waals surface area contributed by atoms with E-state index in [0.29, 0.717) is 18.6 Å². The van der Waals surface area contributed by atoms with E-state index in [0.717, 1.165) is 6.42 Å². The first-order valence-electron chi connectivity index (χ1n) is 6.77. The van der Waals surface area contributed by atoms with E-state index in [-0.39, 0.29) is 23.9 Å². The van der Waals surface area contributed by atoms with Crippen molar-refractivity contribution in [3.8, 4) is 0 Å². The van der Waals surface area contributed by atoms with Gasteiger partial charge in [-0.25, -0.2) is 4.39 Å². The quantitative estimate of drug-likeness (QED) is 0.771. The van der Waals surface area contributed by atoms with E-state index in [1.807, 2.05) is 13.8 Å². The van der Waals surface area contributed by atoms with Crippen LogP contribution in [0.1, 0.15) is 45.2 Å². The van der Waals surface area contributed by atoms with E-state index in [4.69, 9.17) is 4.74 Å². The van der Waals surface area contributed by atoms with Crippen LogP contribution in [-0.4, -0.2) is 18.6 Å². The summed E-state index contributed by atoms with van der Waals surface area (Å²) < 4.78 is 18.7. The van der Waals surface area contributed by atoms with Crippen LogP contribution in [0.15, 0.2) is 24.3 Å².